The van der Waals surface area contributed by atoms with E-state index in [2.05, 4.69) is 35.3 Å². The molecule has 2 unspecified atom stereocenters. The van der Waals surface area contributed by atoms with Crippen LogP contribution in [0.2, 0.25) is 0 Å². The standard InChI is InChI=1S/C17H28N2O2/c1-4-18-16(13-19-11-10-14(12-19)20-3)15-8-6-7-9-17(15)21-5-2/h6-9,14,16,18H,4-5,10-13H2,1-3H3. The molecule has 0 aromatic heterocycles. The smallest absolute Gasteiger partial charge is 0.124 e. The van der Waals surface area contributed by atoms with E-state index in [1.54, 1.807) is 7.11 Å². The Bertz CT molecular complexity index is 425. The number of methoxy groups -OCH3 is 1. The third-order valence-corrected chi connectivity index (χ3v) is 4.05. The molecule has 1 aliphatic heterocycles. The molecular formula is C17H28N2O2. The van der Waals surface area contributed by atoms with Crippen LogP contribution in [0.5, 0.6) is 5.75 Å². The zero-order chi connectivity index (χ0) is 15.1. The number of para-hydroxylation sites is 1. The number of likely N-dealkylation sites (N-methyl/N-ethyl adjacent to an activating group) is 1. The highest BCUT2D eigenvalue weighted by Gasteiger charge is 2.25. The van der Waals surface area contributed by atoms with Gasteiger partial charge in [0.05, 0.1) is 12.7 Å². The number of nitrogens with zero attached hydrogens (tertiary/aromatic N) is 1. The summed E-state index contributed by atoms with van der Waals surface area (Å²) in [5.74, 6) is 0.994. The maximum Gasteiger partial charge on any atom is 0.124 e. The van der Waals surface area contributed by atoms with Gasteiger partial charge in [0.1, 0.15) is 5.75 Å². The maximum atomic E-state index is 5.79. The zero-order valence-corrected chi connectivity index (χ0v) is 13.5. The molecule has 0 aliphatic carbocycles. The molecule has 0 bridgehead atoms. The summed E-state index contributed by atoms with van der Waals surface area (Å²) in [6.45, 7) is 8.96. The van der Waals surface area contributed by atoms with Crippen molar-refractivity contribution in [1.82, 2.24) is 10.2 Å². The van der Waals surface area contributed by atoms with Gasteiger partial charge < -0.3 is 14.8 Å². The van der Waals surface area contributed by atoms with Gasteiger partial charge in [-0.3, -0.25) is 4.90 Å². The molecule has 0 spiro atoms. The summed E-state index contributed by atoms with van der Waals surface area (Å²) < 4.78 is 11.3. The van der Waals surface area contributed by atoms with E-state index in [9.17, 15) is 0 Å². The van der Waals surface area contributed by atoms with Crippen molar-refractivity contribution in [2.45, 2.75) is 32.4 Å². The van der Waals surface area contributed by atoms with Gasteiger partial charge in [0.25, 0.3) is 0 Å². The number of hydrogen-bond acceptors (Lipinski definition) is 4. The summed E-state index contributed by atoms with van der Waals surface area (Å²) in [6.07, 6.45) is 1.51. The topological polar surface area (TPSA) is 33.7 Å². The molecule has 1 aliphatic rings. The van der Waals surface area contributed by atoms with Gasteiger partial charge >= 0.3 is 0 Å². The summed E-state index contributed by atoms with van der Waals surface area (Å²) in [4.78, 5) is 2.48. The number of nitrogens with one attached hydrogen (secondary N) is 1. The summed E-state index contributed by atoms with van der Waals surface area (Å²) in [7, 11) is 1.81. The van der Waals surface area contributed by atoms with E-state index in [0.717, 1.165) is 38.3 Å². The predicted molar refractivity (Wildman–Crippen MR) is 85.9 cm³/mol. The van der Waals surface area contributed by atoms with Crippen molar-refractivity contribution in [3.63, 3.8) is 0 Å². The van der Waals surface area contributed by atoms with Crippen LogP contribution in [0, 0.1) is 0 Å². The lowest BCUT2D eigenvalue weighted by atomic mass is 10.0. The Labute approximate surface area is 128 Å². The molecule has 0 radical (unpaired) electrons. The molecule has 1 aromatic rings. The van der Waals surface area contributed by atoms with Crippen LogP contribution in [0.15, 0.2) is 24.3 Å². The van der Waals surface area contributed by atoms with Gasteiger partial charge in [-0.1, -0.05) is 25.1 Å². The summed E-state index contributed by atoms with van der Waals surface area (Å²) >= 11 is 0. The van der Waals surface area contributed by atoms with Crippen molar-refractivity contribution < 1.29 is 9.47 Å². The monoisotopic (exact) mass is 292 g/mol. The Morgan fingerprint density at radius 3 is 2.81 bits per heavy atom. The van der Waals surface area contributed by atoms with Gasteiger partial charge in [-0.2, -0.15) is 0 Å². The van der Waals surface area contributed by atoms with Crippen molar-refractivity contribution >= 4 is 0 Å². The first-order valence-corrected chi connectivity index (χ1v) is 7.98. The normalized spacial score (nSPS) is 20.6. The van der Waals surface area contributed by atoms with Crippen molar-refractivity contribution in [3.05, 3.63) is 29.8 Å². The molecule has 4 nitrogen and oxygen atoms in total. The Morgan fingerprint density at radius 1 is 1.33 bits per heavy atom. The zero-order valence-electron chi connectivity index (χ0n) is 13.5. The number of rotatable bonds is 8. The van der Waals surface area contributed by atoms with Gasteiger partial charge in [-0.15, -0.1) is 0 Å². The van der Waals surface area contributed by atoms with Crippen molar-refractivity contribution in [2.75, 3.05) is 39.9 Å². The van der Waals surface area contributed by atoms with Crippen molar-refractivity contribution in [1.29, 1.82) is 0 Å². The second-order valence-electron chi connectivity index (χ2n) is 5.49. The fourth-order valence-corrected chi connectivity index (χ4v) is 2.99. The second-order valence-corrected chi connectivity index (χ2v) is 5.49. The van der Waals surface area contributed by atoms with E-state index in [1.807, 2.05) is 13.0 Å². The molecule has 2 atom stereocenters. The summed E-state index contributed by atoms with van der Waals surface area (Å²) in [6, 6.07) is 8.65. The SMILES string of the molecule is CCNC(CN1CCC(OC)C1)c1ccccc1OCC. The molecule has 1 saturated heterocycles. The number of likely N-dealkylation sites (tertiary alicyclic amines) is 1. The van der Waals surface area contributed by atoms with Crippen molar-refractivity contribution in [3.8, 4) is 5.75 Å². The van der Waals surface area contributed by atoms with Crippen LogP contribution in [0.25, 0.3) is 0 Å². The molecule has 1 fully saturated rings. The Balaban J connectivity index is 2.08. The molecule has 1 N–H and O–H groups in total. The Morgan fingerprint density at radius 2 is 2.14 bits per heavy atom. The van der Waals surface area contributed by atoms with E-state index in [1.165, 1.54) is 5.56 Å². The summed E-state index contributed by atoms with van der Waals surface area (Å²) in [5.41, 5.74) is 1.25. The number of benzene rings is 1. The lowest BCUT2D eigenvalue weighted by Gasteiger charge is -2.26. The maximum absolute atomic E-state index is 5.79. The van der Waals surface area contributed by atoms with Gasteiger partial charge in [-0.05, 0) is 26.0 Å². The molecule has 2 rings (SSSR count). The van der Waals surface area contributed by atoms with Crippen LogP contribution in [-0.2, 0) is 4.74 Å². The number of ether oxygens (including phenoxy) is 2. The largest absolute Gasteiger partial charge is 0.494 e. The first-order valence-electron chi connectivity index (χ1n) is 7.98. The van der Waals surface area contributed by atoms with E-state index >= 15 is 0 Å². The second kappa shape index (κ2) is 8.37. The van der Waals surface area contributed by atoms with Crippen LogP contribution >= 0.6 is 0 Å². The van der Waals surface area contributed by atoms with Gasteiger partial charge in [0.15, 0.2) is 0 Å². The third kappa shape index (κ3) is 4.43. The van der Waals surface area contributed by atoms with Gasteiger partial charge in [-0.25, -0.2) is 0 Å². The van der Waals surface area contributed by atoms with E-state index in [4.69, 9.17) is 9.47 Å². The molecule has 118 valence electrons. The van der Waals surface area contributed by atoms with Crippen LogP contribution < -0.4 is 10.1 Å². The minimum Gasteiger partial charge on any atom is -0.494 e. The first-order chi connectivity index (χ1) is 10.3. The van der Waals surface area contributed by atoms with Crippen LogP contribution in [0.1, 0.15) is 31.9 Å². The molecular weight excluding hydrogens is 264 g/mol. The molecule has 1 heterocycles. The average Bonchev–Trinajstić information content (AvgIpc) is 2.95. The van der Waals surface area contributed by atoms with Crippen molar-refractivity contribution in [2.24, 2.45) is 0 Å². The highest BCUT2D eigenvalue weighted by Crippen LogP contribution is 2.27. The Hall–Kier alpha value is -1.10. The fourth-order valence-electron chi connectivity index (χ4n) is 2.99. The van der Waals surface area contributed by atoms with Crippen LogP contribution in [-0.4, -0.2) is 50.9 Å². The lowest BCUT2D eigenvalue weighted by molar-refractivity contribution is 0.106. The Kier molecular flexibility index (Phi) is 6.49. The minimum absolute atomic E-state index is 0.299. The minimum atomic E-state index is 0.299. The van der Waals surface area contributed by atoms with Gasteiger partial charge in [0, 0.05) is 38.3 Å². The average molecular weight is 292 g/mol. The van der Waals surface area contributed by atoms with Gasteiger partial charge in [0.2, 0.25) is 0 Å². The highest BCUT2D eigenvalue weighted by atomic mass is 16.5. The molecule has 1 aromatic carbocycles. The third-order valence-electron chi connectivity index (χ3n) is 4.05. The van der Waals surface area contributed by atoms with Crippen LogP contribution in [0.3, 0.4) is 0 Å². The van der Waals surface area contributed by atoms with E-state index in [-0.39, 0.29) is 0 Å². The molecule has 21 heavy (non-hydrogen) atoms. The first kappa shape index (κ1) is 16.3. The highest BCUT2D eigenvalue weighted by molar-refractivity contribution is 5.36. The number of hydrogen-bond donors (Lipinski definition) is 1. The lowest BCUT2D eigenvalue weighted by Crippen LogP contribution is -2.35. The molecule has 0 amide bonds. The van der Waals surface area contributed by atoms with Crippen LogP contribution in [0.4, 0.5) is 0 Å². The molecule has 0 saturated carbocycles. The summed E-state index contributed by atoms with van der Waals surface area (Å²) in [5, 5.41) is 3.59. The van der Waals surface area contributed by atoms with E-state index in [0.29, 0.717) is 18.8 Å². The molecule has 4 heteroatoms. The quantitative estimate of drug-likeness (QED) is 0.798. The predicted octanol–water partition coefficient (Wildman–Crippen LogP) is 2.46. The fraction of sp³-hybridized carbons (Fsp3) is 0.647. The van der Waals surface area contributed by atoms with E-state index < -0.39 is 0 Å².